The van der Waals surface area contributed by atoms with Crippen molar-refractivity contribution in [1.29, 1.82) is 0 Å². The van der Waals surface area contributed by atoms with E-state index in [2.05, 4.69) is 10.3 Å². The van der Waals surface area contributed by atoms with Gasteiger partial charge >= 0.3 is 0 Å². The van der Waals surface area contributed by atoms with Crippen LogP contribution in [0.15, 0.2) is 48.8 Å². The molecule has 0 radical (unpaired) electrons. The van der Waals surface area contributed by atoms with Crippen molar-refractivity contribution in [3.8, 4) is 0 Å². The number of anilines is 1. The molecule has 0 unspecified atom stereocenters. The third kappa shape index (κ3) is 4.39. The number of carbonyl (C=O) groups is 1. The smallest absolute Gasteiger partial charge is 0.256 e. The molecule has 0 aliphatic carbocycles. The van der Waals surface area contributed by atoms with Gasteiger partial charge in [-0.2, -0.15) is 0 Å². The van der Waals surface area contributed by atoms with E-state index in [-0.39, 0.29) is 0 Å². The van der Waals surface area contributed by atoms with Crippen LogP contribution in [0.1, 0.15) is 24.5 Å². The van der Waals surface area contributed by atoms with Crippen molar-refractivity contribution in [2.75, 3.05) is 5.32 Å². The molecule has 0 spiro atoms. The fraction of sp³-hybridized carbons (Fsp3) is 0.294. The van der Waals surface area contributed by atoms with Gasteiger partial charge in [-0.25, -0.2) is 0 Å². The maximum atomic E-state index is 12.1. The van der Waals surface area contributed by atoms with Gasteiger partial charge in [-0.15, -0.1) is 0 Å². The Balaban J connectivity index is 1.94. The lowest BCUT2D eigenvalue weighted by Crippen LogP contribution is -2.40. The van der Waals surface area contributed by atoms with Crippen LogP contribution in [0.3, 0.4) is 0 Å². The summed E-state index contributed by atoms with van der Waals surface area (Å²) in [6.07, 6.45) is 4.21. The van der Waals surface area contributed by atoms with E-state index in [1.807, 2.05) is 31.2 Å². The van der Waals surface area contributed by atoms with Gasteiger partial charge < -0.3 is 10.4 Å². The van der Waals surface area contributed by atoms with E-state index >= 15 is 0 Å². The Morgan fingerprint density at radius 1 is 1.19 bits per heavy atom. The first-order valence-electron chi connectivity index (χ1n) is 6.97. The zero-order valence-electron chi connectivity index (χ0n) is 12.3. The number of aliphatic hydroxyl groups is 1. The SMILES string of the molecule is Cc1ccc(CC[C@](C)(O)C(=O)Nc2ccncc2)cc1. The van der Waals surface area contributed by atoms with Crippen LogP contribution in [0.2, 0.25) is 0 Å². The minimum absolute atomic E-state index is 0.368. The van der Waals surface area contributed by atoms with Crippen molar-refractivity contribution in [1.82, 2.24) is 4.98 Å². The van der Waals surface area contributed by atoms with Crippen LogP contribution in [0.4, 0.5) is 5.69 Å². The lowest BCUT2D eigenvalue weighted by Gasteiger charge is -2.22. The van der Waals surface area contributed by atoms with Crippen molar-refractivity contribution in [3.63, 3.8) is 0 Å². The van der Waals surface area contributed by atoms with Gasteiger partial charge in [0.2, 0.25) is 0 Å². The number of carbonyl (C=O) groups excluding carboxylic acids is 1. The first-order chi connectivity index (χ1) is 9.97. The number of aromatic nitrogens is 1. The number of amides is 1. The number of aryl methyl sites for hydroxylation is 2. The fourth-order valence-electron chi connectivity index (χ4n) is 1.96. The predicted octanol–water partition coefficient (Wildman–Crippen LogP) is 2.71. The molecule has 1 aromatic heterocycles. The van der Waals surface area contributed by atoms with Crippen molar-refractivity contribution >= 4 is 11.6 Å². The van der Waals surface area contributed by atoms with Gasteiger partial charge in [0.15, 0.2) is 0 Å². The fourth-order valence-corrected chi connectivity index (χ4v) is 1.96. The second-order valence-electron chi connectivity index (χ2n) is 5.45. The molecule has 2 aromatic rings. The first kappa shape index (κ1) is 15.2. The average molecular weight is 284 g/mol. The minimum Gasteiger partial charge on any atom is -0.380 e. The van der Waals surface area contributed by atoms with E-state index in [9.17, 15) is 9.90 Å². The Morgan fingerprint density at radius 3 is 2.43 bits per heavy atom. The summed E-state index contributed by atoms with van der Waals surface area (Å²) in [7, 11) is 0. The van der Waals surface area contributed by atoms with Crippen LogP contribution in [-0.4, -0.2) is 21.6 Å². The first-order valence-corrected chi connectivity index (χ1v) is 6.97. The quantitative estimate of drug-likeness (QED) is 0.887. The molecule has 21 heavy (non-hydrogen) atoms. The van der Waals surface area contributed by atoms with E-state index in [0.29, 0.717) is 18.5 Å². The van der Waals surface area contributed by atoms with Crippen LogP contribution in [0, 0.1) is 6.92 Å². The number of benzene rings is 1. The molecule has 0 aliphatic heterocycles. The molecule has 0 aliphatic rings. The number of rotatable bonds is 5. The molecule has 0 saturated heterocycles. The monoisotopic (exact) mass is 284 g/mol. The molecule has 1 amide bonds. The van der Waals surface area contributed by atoms with Gasteiger partial charge in [0.25, 0.3) is 5.91 Å². The molecule has 0 saturated carbocycles. The Kier molecular flexibility index (Phi) is 4.70. The van der Waals surface area contributed by atoms with E-state index in [4.69, 9.17) is 0 Å². The van der Waals surface area contributed by atoms with Crippen LogP contribution < -0.4 is 5.32 Å². The molecule has 1 heterocycles. The van der Waals surface area contributed by atoms with Crippen LogP contribution >= 0.6 is 0 Å². The summed E-state index contributed by atoms with van der Waals surface area (Å²) in [5.74, 6) is -0.402. The molecule has 4 heteroatoms. The number of nitrogens with one attached hydrogen (secondary N) is 1. The molecule has 0 fully saturated rings. The van der Waals surface area contributed by atoms with Crippen molar-refractivity contribution in [3.05, 3.63) is 59.9 Å². The lowest BCUT2D eigenvalue weighted by atomic mass is 9.95. The van der Waals surface area contributed by atoms with Crippen LogP contribution in [-0.2, 0) is 11.2 Å². The summed E-state index contributed by atoms with van der Waals surface area (Å²) in [6, 6.07) is 11.5. The zero-order chi connectivity index (χ0) is 15.3. The van der Waals surface area contributed by atoms with Crippen molar-refractivity contribution in [2.24, 2.45) is 0 Å². The highest BCUT2D eigenvalue weighted by Crippen LogP contribution is 2.17. The molecule has 4 nitrogen and oxygen atoms in total. The summed E-state index contributed by atoms with van der Waals surface area (Å²) in [6.45, 7) is 3.57. The molecular formula is C17H20N2O2. The van der Waals surface area contributed by atoms with Crippen molar-refractivity contribution < 1.29 is 9.90 Å². The normalized spacial score (nSPS) is 13.5. The highest BCUT2D eigenvalue weighted by Gasteiger charge is 2.29. The highest BCUT2D eigenvalue weighted by atomic mass is 16.3. The molecule has 1 aromatic carbocycles. The molecular weight excluding hydrogens is 264 g/mol. The van der Waals surface area contributed by atoms with Gasteiger partial charge in [-0.3, -0.25) is 9.78 Å². The Morgan fingerprint density at radius 2 is 1.81 bits per heavy atom. The van der Waals surface area contributed by atoms with E-state index in [0.717, 1.165) is 5.56 Å². The average Bonchev–Trinajstić information content (AvgIpc) is 2.48. The van der Waals surface area contributed by atoms with E-state index < -0.39 is 11.5 Å². The highest BCUT2D eigenvalue weighted by molar-refractivity contribution is 5.96. The summed E-state index contributed by atoms with van der Waals surface area (Å²) in [5, 5.41) is 13.0. The Bertz CT molecular complexity index is 592. The second-order valence-corrected chi connectivity index (χ2v) is 5.45. The molecule has 2 rings (SSSR count). The predicted molar refractivity (Wildman–Crippen MR) is 83.0 cm³/mol. The Hall–Kier alpha value is -2.20. The summed E-state index contributed by atoms with van der Waals surface area (Å²) in [4.78, 5) is 16.0. The van der Waals surface area contributed by atoms with Gasteiger partial charge in [-0.1, -0.05) is 29.8 Å². The number of pyridine rings is 1. The zero-order valence-corrected chi connectivity index (χ0v) is 12.3. The third-order valence-electron chi connectivity index (χ3n) is 3.45. The minimum atomic E-state index is -1.41. The standard InChI is InChI=1S/C17H20N2O2/c1-13-3-5-14(6-4-13)7-10-17(2,21)16(20)19-15-8-11-18-12-9-15/h3-6,8-9,11-12,21H,7,10H2,1-2H3,(H,18,19,20)/t17-/m0/s1. The van der Waals surface area contributed by atoms with E-state index in [1.165, 1.54) is 12.5 Å². The molecule has 2 N–H and O–H groups in total. The maximum Gasteiger partial charge on any atom is 0.256 e. The maximum absolute atomic E-state index is 12.1. The topological polar surface area (TPSA) is 62.2 Å². The van der Waals surface area contributed by atoms with Crippen molar-refractivity contribution in [2.45, 2.75) is 32.3 Å². The van der Waals surface area contributed by atoms with Crippen LogP contribution in [0.25, 0.3) is 0 Å². The number of hydrogen-bond acceptors (Lipinski definition) is 3. The summed E-state index contributed by atoms with van der Waals surface area (Å²) in [5.41, 5.74) is 1.53. The molecule has 0 bridgehead atoms. The van der Waals surface area contributed by atoms with Crippen LogP contribution in [0.5, 0.6) is 0 Å². The molecule has 1 atom stereocenters. The third-order valence-corrected chi connectivity index (χ3v) is 3.45. The largest absolute Gasteiger partial charge is 0.380 e. The Labute approximate surface area is 124 Å². The van der Waals surface area contributed by atoms with Gasteiger partial charge in [0.1, 0.15) is 5.60 Å². The number of nitrogens with zero attached hydrogens (tertiary/aromatic N) is 1. The molecule has 110 valence electrons. The summed E-state index contributed by atoms with van der Waals surface area (Å²) < 4.78 is 0. The summed E-state index contributed by atoms with van der Waals surface area (Å²) >= 11 is 0. The van der Waals surface area contributed by atoms with E-state index in [1.54, 1.807) is 24.5 Å². The van der Waals surface area contributed by atoms with Gasteiger partial charge in [0, 0.05) is 18.1 Å². The second kappa shape index (κ2) is 6.50. The number of hydrogen-bond donors (Lipinski definition) is 2. The van der Waals surface area contributed by atoms with Gasteiger partial charge in [-0.05, 0) is 44.4 Å². The lowest BCUT2D eigenvalue weighted by molar-refractivity contribution is -0.132. The van der Waals surface area contributed by atoms with Gasteiger partial charge in [0.05, 0.1) is 0 Å².